The lowest BCUT2D eigenvalue weighted by molar-refractivity contribution is -0.384. The molecule has 0 radical (unpaired) electrons. The number of rotatable bonds is 6. The number of hydrogen-bond donors (Lipinski definition) is 0. The SMILES string of the molecule is CC(C)c1ccc(CN(c2ncccc2[N+](=O)[O-])C2CC2)cc1. The number of nitrogens with zero attached hydrogens (tertiary/aromatic N) is 3. The molecule has 1 aliphatic carbocycles. The number of nitro groups is 1. The van der Waals surface area contributed by atoms with Gasteiger partial charge in [0, 0.05) is 24.8 Å². The van der Waals surface area contributed by atoms with Gasteiger partial charge in [-0.05, 0) is 36.0 Å². The molecule has 1 aromatic heterocycles. The fourth-order valence-corrected chi connectivity index (χ4v) is 2.72. The summed E-state index contributed by atoms with van der Waals surface area (Å²) in [5.74, 6) is 0.980. The summed E-state index contributed by atoms with van der Waals surface area (Å²) in [6.07, 6.45) is 3.76. The van der Waals surface area contributed by atoms with E-state index in [1.807, 2.05) is 0 Å². The molecule has 2 aromatic rings. The summed E-state index contributed by atoms with van der Waals surface area (Å²) in [7, 11) is 0. The van der Waals surface area contributed by atoms with Gasteiger partial charge in [-0.1, -0.05) is 38.1 Å². The minimum Gasteiger partial charge on any atom is -0.344 e. The Balaban J connectivity index is 1.87. The van der Waals surface area contributed by atoms with E-state index in [0.29, 0.717) is 24.3 Å². The van der Waals surface area contributed by atoms with Gasteiger partial charge in [0.2, 0.25) is 5.82 Å². The van der Waals surface area contributed by atoms with Crippen LogP contribution in [0.1, 0.15) is 43.7 Å². The van der Waals surface area contributed by atoms with Crippen LogP contribution >= 0.6 is 0 Å². The number of benzene rings is 1. The molecule has 0 atom stereocenters. The Hall–Kier alpha value is -2.43. The molecule has 0 aliphatic heterocycles. The summed E-state index contributed by atoms with van der Waals surface area (Å²) in [6.45, 7) is 4.99. The van der Waals surface area contributed by atoms with Crippen LogP contribution in [-0.2, 0) is 6.54 Å². The molecule has 1 fully saturated rings. The second-order valence-electron chi connectivity index (χ2n) is 6.36. The molecule has 1 saturated carbocycles. The zero-order valence-electron chi connectivity index (χ0n) is 13.5. The minimum atomic E-state index is -0.348. The number of hydrogen-bond acceptors (Lipinski definition) is 4. The summed E-state index contributed by atoms with van der Waals surface area (Å²) >= 11 is 0. The van der Waals surface area contributed by atoms with Gasteiger partial charge in [-0.15, -0.1) is 0 Å². The van der Waals surface area contributed by atoms with Crippen molar-refractivity contribution < 1.29 is 4.92 Å². The third kappa shape index (κ3) is 3.50. The Bertz CT molecular complexity index is 694. The molecule has 3 rings (SSSR count). The first kappa shape index (κ1) is 15.5. The first-order valence-corrected chi connectivity index (χ1v) is 8.01. The highest BCUT2D eigenvalue weighted by Gasteiger charge is 2.33. The van der Waals surface area contributed by atoms with Crippen molar-refractivity contribution in [3.63, 3.8) is 0 Å². The van der Waals surface area contributed by atoms with E-state index in [0.717, 1.165) is 18.4 Å². The molecule has 1 aromatic carbocycles. The van der Waals surface area contributed by atoms with Crippen LogP contribution in [0.15, 0.2) is 42.6 Å². The molecule has 1 aliphatic rings. The number of pyridine rings is 1. The summed E-state index contributed by atoms with van der Waals surface area (Å²) in [4.78, 5) is 17.3. The molecule has 0 unspecified atom stereocenters. The predicted molar refractivity (Wildman–Crippen MR) is 90.6 cm³/mol. The fraction of sp³-hybridized carbons (Fsp3) is 0.389. The Morgan fingerprint density at radius 3 is 2.52 bits per heavy atom. The van der Waals surface area contributed by atoms with Crippen LogP contribution in [0.4, 0.5) is 11.5 Å². The van der Waals surface area contributed by atoms with E-state index in [2.05, 4.69) is 48.0 Å². The highest BCUT2D eigenvalue weighted by atomic mass is 16.6. The Morgan fingerprint density at radius 2 is 1.96 bits per heavy atom. The summed E-state index contributed by atoms with van der Waals surface area (Å²) in [5.41, 5.74) is 2.54. The zero-order valence-corrected chi connectivity index (χ0v) is 13.5. The van der Waals surface area contributed by atoms with E-state index in [-0.39, 0.29) is 10.6 Å². The van der Waals surface area contributed by atoms with Crippen molar-refractivity contribution in [2.24, 2.45) is 0 Å². The first-order chi connectivity index (χ1) is 11.1. The third-order valence-electron chi connectivity index (χ3n) is 4.22. The average molecular weight is 311 g/mol. The normalized spacial score (nSPS) is 14.0. The van der Waals surface area contributed by atoms with Gasteiger partial charge in [-0.2, -0.15) is 0 Å². The molecule has 23 heavy (non-hydrogen) atoms. The molecule has 120 valence electrons. The molecule has 0 bridgehead atoms. The molecule has 0 spiro atoms. The van der Waals surface area contributed by atoms with Gasteiger partial charge in [-0.25, -0.2) is 4.98 Å². The van der Waals surface area contributed by atoms with Crippen molar-refractivity contribution in [3.05, 3.63) is 63.8 Å². The van der Waals surface area contributed by atoms with Crippen LogP contribution in [-0.4, -0.2) is 15.9 Å². The average Bonchev–Trinajstić information content (AvgIpc) is 3.38. The lowest BCUT2D eigenvalue weighted by atomic mass is 10.0. The first-order valence-electron chi connectivity index (χ1n) is 8.01. The van der Waals surface area contributed by atoms with Crippen LogP contribution in [0.25, 0.3) is 0 Å². The quantitative estimate of drug-likeness (QED) is 0.590. The van der Waals surface area contributed by atoms with E-state index in [9.17, 15) is 10.1 Å². The largest absolute Gasteiger partial charge is 0.344 e. The molecule has 0 saturated heterocycles. The van der Waals surface area contributed by atoms with Crippen LogP contribution in [0.2, 0.25) is 0 Å². The molecule has 1 heterocycles. The minimum absolute atomic E-state index is 0.0817. The summed E-state index contributed by atoms with van der Waals surface area (Å²) in [6, 6.07) is 12.0. The Kier molecular flexibility index (Phi) is 4.28. The lowest BCUT2D eigenvalue weighted by Gasteiger charge is -2.23. The molecule has 0 N–H and O–H groups in total. The van der Waals surface area contributed by atoms with Crippen LogP contribution in [0.5, 0.6) is 0 Å². The maximum absolute atomic E-state index is 11.3. The highest BCUT2D eigenvalue weighted by molar-refractivity contribution is 5.59. The zero-order chi connectivity index (χ0) is 16.4. The monoisotopic (exact) mass is 311 g/mol. The van der Waals surface area contributed by atoms with E-state index < -0.39 is 0 Å². The van der Waals surface area contributed by atoms with E-state index >= 15 is 0 Å². The van der Waals surface area contributed by atoms with E-state index in [4.69, 9.17) is 0 Å². The van der Waals surface area contributed by atoms with Crippen molar-refractivity contribution in [2.45, 2.75) is 45.2 Å². The van der Waals surface area contributed by atoms with Gasteiger partial charge >= 0.3 is 5.69 Å². The van der Waals surface area contributed by atoms with Gasteiger partial charge < -0.3 is 4.90 Å². The molecule has 5 nitrogen and oxygen atoms in total. The molecule has 0 amide bonds. The van der Waals surface area contributed by atoms with Gasteiger partial charge in [0.05, 0.1) is 4.92 Å². The molecular formula is C18H21N3O2. The second kappa shape index (κ2) is 6.36. The summed E-state index contributed by atoms with van der Waals surface area (Å²) in [5, 5.41) is 11.3. The smallest absolute Gasteiger partial charge is 0.311 e. The lowest BCUT2D eigenvalue weighted by Crippen LogP contribution is -2.26. The molecular weight excluding hydrogens is 290 g/mol. The summed E-state index contributed by atoms with van der Waals surface area (Å²) < 4.78 is 0. The third-order valence-corrected chi connectivity index (χ3v) is 4.22. The van der Waals surface area contributed by atoms with Crippen LogP contribution in [0, 0.1) is 10.1 Å². The van der Waals surface area contributed by atoms with Crippen molar-refractivity contribution in [1.82, 2.24) is 4.98 Å². The van der Waals surface area contributed by atoms with Crippen molar-refractivity contribution >= 4 is 11.5 Å². The van der Waals surface area contributed by atoms with Crippen LogP contribution < -0.4 is 4.90 Å². The maximum Gasteiger partial charge on any atom is 0.311 e. The highest BCUT2D eigenvalue weighted by Crippen LogP contribution is 2.36. The van der Waals surface area contributed by atoms with Crippen molar-refractivity contribution in [2.75, 3.05) is 4.90 Å². The van der Waals surface area contributed by atoms with E-state index in [1.54, 1.807) is 12.3 Å². The number of anilines is 1. The van der Waals surface area contributed by atoms with Gasteiger partial charge in [-0.3, -0.25) is 10.1 Å². The van der Waals surface area contributed by atoms with Crippen molar-refractivity contribution in [1.29, 1.82) is 0 Å². The van der Waals surface area contributed by atoms with Gasteiger partial charge in [0.15, 0.2) is 0 Å². The van der Waals surface area contributed by atoms with Crippen molar-refractivity contribution in [3.8, 4) is 0 Å². The number of aromatic nitrogens is 1. The second-order valence-corrected chi connectivity index (χ2v) is 6.36. The fourth-order valence-electron chi connectivity index (χ4n) is 2.72. The topological polar surface area (TPSA) is 59.3 Å². The predicted octanol–water partition coefficient (Wildman–Crippen LogP) is 4.28. The van der Waals surface area contributed by atoms with E-state index in [1.165, 1.54) is 11.6 Å². The maximum atomic E-state index is 11.3. The molecule has 5 heteroatoms. The Labute approximate surface area is 136 Å². The van der Waals surface area contributed by atoms with Gasteiger partial charge in [0.1, 0.15) is 0 Å². The van der Waals surface area contributed by atoms with Crippen LogP contribution in [0.3, 0.4) is 0 Å². The Morgan fingerprint density at radius 1 is 1.26 bits per heavy atom. The van der Waals surface area contributed by atoms with Gasteiger partial charge in [0.25, 0.3) is 0 Å². The standard InChI is InChI=1S/C18H21N3O2/c1-13(2)15-7-5-14(6-8-15)12-20(16-9-10-16)18-17(21(22)23)4-3-11-19-18/h3-8,11,13,16H,9-10,12H2,1-2H3.